The number of phenolic OH excluding ortho intramolecular Hbond substituents is 1. The first-order valence-electron chi connectivity index (χ1n) is 5.56. The molecule has 1 heteroatoms. The fourth-order valence-corrected chi connectivity index (χ4v) is 1.52. The minimum Gasteiger partial charge on any atom is -0.508 e. The Kier molecular flexibility index (Phi) is 2.95. The van der Waals surface area contributed by atoms with E-state index in [0.717, 1.165) is 0 Å². The van der Waals surface area contributed by atoms with Crippen molar-refractivity contribution in [2.24, 2.45) is 0 Å². The van der Waals surface area contributed by atoms with Gasteiger partial charge in [0.15, 0.2) is 0 Å². The summed E-state index contributed by atoms with van der Waals surface area (Å²) in [6.07, 6.45) is 0. The highest BCUT2D eigenvalue weighted by Gasteiger charge is 2.04. The zero-order chi connectivity index (χ0) is 11.5. The Morgan fingerprint density at radius 3 is 1.44 bits per heavy atom. The second-order valence-corrected chi connectivity index (χ2v) is 4.32. The average molecular weight is 212 g/mol. The largest absolute Gasteiger partial charge is 0.508 e. The molecule has 3 rings (SSSR count). The molecule has 2 aliphatic rings. The molecule has 0 saturated heterocycles. The maximum absolute atomic E-state index is 8.94. The summed E-state index contributed by atoms with van der Waals surface area (Å²) in [7, 11) is 0. The van der Waals surface area contributed by atoms with Crippen LogP contribution >= 0.6 is 0 Å². The van der Waals surface area contributed by atoms with E-state index in [1.165, 1.54) is 16.7 Å². The molecule has 16 heavy (non-hydrogen) atoms. The minimum atomic E-state index is 0.337. The third-order valence-electron chi connectivity index (χ3n) is 2.78. The van der Waals surface area contributed by atoms with Crippen molar-refractivity contribution in [3.05, 3.63) is 54.1 Å². The molecule has 82 valence electrons. The SMILES string of the molecule is CC(C)c1ccc(O)cc1.c1cc2ccc1-2. The fraction of sp³-hybridized carbons (Fsp3) is 0.200. The summed E-state index contributed by atoms with van der Waals surface area (Å²) in [5.74, 6) is 0.880. The van der Waals surface area contributed by atoms with Crippen molar-refractivity contribution < 1.29 is 5.11 Å². The van der Waals surface area contributed by atoms with E-state index < -0.39 is 0 Å². The zero-order valence-corrected chi connectivity index (χ0v) is 9.64. The Morgan fingerprint density at radius 1 is 0.750 bits per heavy atom. The molecule has 2 aliphatic carbocycles. The van der Waals surface area contributed by atoms with Gasteiger partial charge in [0, 0.05) is 0 Å². The van der Waals surface area contributed by atoms with Crippen molar-refractivity contribution in [3.63, 3.8) is 0 Å². The number of hydrogen-bond donors (Lipinski definition) is 1. The van der Waals surface area contributed by atoms with Crippen LogP contribution in [0.4, 0.5) is 0 Å². The summed E-state index contributed by atoms with van der Waals surface area (Å²) in [5, 5.41) is 8.94. The minimum absolute atomic E-state index is 0.337. The van der Waals surface area contributed by atoms with Crippen LogP contribution in [0, 0.1) is 0 Å². The zero-order valence-electron chi connectivity index (χ0n) is 9.64. The molecule has 1 aromatic carbocycles. The van der Waals surface area contributed by atoms with Crippen LogP contribution in [0.3, 0.4) is 0 Å². The predicted octanol–water partition coefficient (Wildman–Crippen LogP) is 4.18. The molecule has 0 aromatic heterocycles. The van der Waals surface area contributed by atoms with Crippen LogP contribution in [-0.2, 0) is 0 Å². The third-order valence-corrected chi connectivity index (χ3v) is 2.78. The van der Waals surface area contributed by atoms with Gasteiger partial charge in [-0.2, -0.15) is 0 Å². The molecule has 0 amide bonds. The standard InChI is InChI=1S/C9H12O.C6H4/c1-7(2)8-3-5-9(10)6-4-8;1-2-6-4-3-5(1)6/h3-7,10H,1-2H3;1-4H. The Hall–Kier alpha value is -1.76. The van der Waals surface area contributed by atoms with Crippen LogP contribution in [0.5, 0.6) is 5.75 Å². The number of fused-ring (bicyclic) bond motifs is 1. The highest BCUT2D eigenvalue weighted by Crippen LogP contribution is 2.29. The van der Waals surface area contributed by atoms with Crippen molar-refractivity contribution in [1.82, 2.24) is 0 Å². The van der Waals surface area contributed by atoms with Crippen molar-refractivity contribution in [1.29, 1.82) is 0 Å². The number of phenols is 1. The summed E-state index contributed by atoms with van der Waals surface area (Å²) >= 11 is 0. The van der Waals surface area contributed by atoms with E-state index in [1.807, 2.05) is 12.1 Å². The Bertz CT molecular complexity index is 431. The average Bonchev–Trinajstić information content (AvgIpc) is 2.25. The van der Waals surface area contributed by atoms with Crippen LogP contribution in [0.15, 0.2) is 48.5 Å². The molecule has 1 N–H and O–H groups in total. The summed E-state index contributed by atoms with van der Waals surface area (Å²) in [4.78, 5) is 0. The number of aromatic hydroxyl groups is 1. The van der Waals surface area contributed by atoms with Crippen LogP contribution in [0.2, 0.25) is 0 Å². The number of rotatable bonds is 1. The molecule has 0 aliphatic heterocycles. The summed E-state index contributed by atoms with van der Waals surface area (Å²) < 4.78 is 0. The van der Waals surface area contributed by atoms with Crippen molar-refractivity contribution in [3.8, 4) is 16.9 Å². The van der Waals surface area contributed by atoms with E-state index in [1.54, 1.807) is 12.1 Å². The lowest BCUT2D eigenvalue weighted by atomic mass is 9.95. The number of hydrogen-bond acceptors (Lipinski definition) is 1. The number of benzene rings is 2. The van der Waals surface area contributed by atoms with Crippen LogP contribution in [0.25, 0.3) is 11.1 Å². The van der Waals surface area contributed by atoms with Gasteiger partial charge in [-0.15, -0.1) is 0 Å². The highest BCUT2D eigenvalue weighted by molar-refractivity contribution is 5.75. The molecule has 0 unspecified atom stereocenters. The second kappa shape index (κ2) is 4.40. The Balaban J connectivity index is 0.000000134. The van der Waals surface area contributed by atoms with Gasteiger partial charge in [-0.25, -0.2) is 0 Å². The van der Waals surface area contributed by atoms with Gasteiger partial charge in [0.05, 0.1) is 0 Å². The van der Waals surface area contributed by atoms with E-state index >= 15 is 0 Å². The summed E-state index contributed by atoms with van der Waals surface area (Å²) in [6.45, 7) is 4.26. The van der Waals surface area contributed by atoms with Crippen molar-refractivity contribution in [2.45, 2.75) is 19.8 Å². The summed E-state index contributed by atoms with van der Waals surface area (Å²) in [5.41, 5.74) is 4.11. The van der Waals surface area contributed by atoms with Crippen molar-refractivity contribution in [2.75, 3.05) is 0 Å². The van der Waals surface area contributed by atoms with E-state index in [9.17, 15) is 0 Å². The topological polar surface area (TPSA) is 20.2 Å². The lowest BCUT2D eigenvalue weighted by Crippen LogP contribution is -1.85. The second-order valence-electron chi connectivity index (χ2n) is 4.32. The smallest absolute Gasteiger partial charge is 0.115 e. The van der Waals surface area contributed by atoms with Gasteiger partial charge in [-0.05, 0) is 34.7 Å². The fourth-order valence-electron chi connectivity index (χ4n) is 1.52. The molecule has 0 saturated carbocycles. The van der Waals surface area contributed by atoms with E-state index in [2.05, 4.69) is 38.1 Å². The maximum Gasteiger partial charge on any atom is 0.115 e. The monoisotopic (exact) mass is 212 g/mol. The molecule has 0 spiro atoms. The molecule has 0 atom stereocenters. The van der Waals surface area contributed by atoms with Crippen LogP contribution in [-0.4, -0.2) is 5.11 Å². The molecule has 1 aromatic rings. The van der Waals surface area contributed by atoms with Gasteiger partial charge in [-0.3, -0.25) is 0 Å². The van der Waals surface area contributed by atoms with E-state index in [-0.39, 0.29) is 0 Å². The maximum atomic E-state index is 8.94. The molecule has 1 nitrogen and oxygen atoms in total. The lowest BCUT2D eigenvalue weighted by molar-refractivity contribution is 0.475. The molecule has 0 heterocycles. The Morgan fingerprint density at radius 2 is 1.19 bits per heavy atom. The highest BCUT2D eigenvalue weighted by atomic mass is 16.3. The summed E-state index contributed by atoms with van der Waals surface area (Å²) in [6, 6.07) is 15.8. The van der Waals surface area contributed by atoms with Crippen LogP contribution < -0.4 is 0 Å². The van der Waals surface area contributed by atoms with Gasteiger partial charge in [0.1, 0.15) is 5.75 Å². The molecular weight excluding hydrogens is 196 g/mol. The Labute approximate surface area is 96.4 Å². The predicted molar refractivity (Wildman–Crippen MR) is 67.6 cm³/mol. The van der Waals surface area contributed by atoms with Gasteiger partial charge in [0.2, 0.25) is 0 Å². The quantitative estimate of drug-likeness (QED) is 0.641. The third kappa shape index (κ3) is 2.25. The van der Waals surface area contributed by atoms with Gasteiger partial charge >= 0.3 is 0 Å². The normalized spacial score (nSPS) is 10.7. The van der Waals surface area contributed by atoms with E-state index in [4.69, 9.17) is 5.11 Å². The van der Waals surface area contributed by atoms with Gasteiger partial charge < -0.3 is 5.11 Å². The van der Waals surface area contributed by atoms with Gasteiger partial charge in [0.25, 0.3) is 0 Å². The lowest BCUT2D eigenvalue weighted by Gasteiger charge is -2.10. The molecule has 0 bridgehead atoms. The molecule has 0 fully saturated rings. The van der Waals surface area contributed by atoms with Gasteiger partial charge in [-0.1, -0.05) is 50.2 Å². The first-order valence-corrected chi connectivity index (χ1v) is 5.56. The first kappa shape index (κ1) is 10.7. The van der Waals surface area contributed by atoms with Crippen LogP contribution in [0.1, 0.15) is 25.3 Å². The molecule has 0 radical (unpaired) electrons. The van der Waals surface area contributed by atoms with E-state index in [0.29, 0.717) is 11.7 Å². The van der Waals surface area contributed by atoms with Crippen molar-refractivity contribution >= 4 is 0 Å². The molecular formula is C15H16O. The first-order chi connectivity index (χ1) is 7.66.